The number of carbonyl (C=O) groups excluding carboxylic acids is 2. The zero-order valence-electron chi connectivity index (χ0n) is 50.6. The molecule has 1 aromatic carbocycles. The fourth-order valence-electron chi connectivity index (χ4n) is 22.6. The molecule has 0 spiro atoms. The lowest BCUT2D eigenvalue weighted by Gasteiger charge is -2.57. The predicted octanol–water partition coefficient (Wildman–Crippen LogP) is 12.7. The highest BCUT2D eigenvalue weighted by Crippen LogP contribution is 2.59. The van der Waals surface area contributed by atoms with E-state index in [1.54, 1.807) is 17.4 Å². The predicted molar refractivity (Wildman–Crippen MR) is 332 cm³/mol. The van der Waals surface area contributed by atoms with E-state index in [2.05, 4.69) is 83.7 Å². The van der Waals surface area contributed by atoms with E-state index in [-0.39, 0.29) is 29.6 Å². The Balaban J connectivity index is 0.0000000924. The molecule has 5 N–H and O–H groups in total. The molecule has 5 heterocycles. The minimum Gasteiger partial charge on any atom is -0.448 e. The molecule has 23 rings (SSSR count). The van der Waals surface area contributed by atoms with Crippen molar-refractivity contribution in [1.82, 2.24) is 31.6 Å². The average Bonchev–Trinajstić information content (AvgIpc) is 2.74. The second-order valence-electron chi connectivity index (χ2n) is 31.8. The van der Waals surface area contributed by atoms with E-state index in [0.717, 1.165) is 132 Å². The van der Waals surface area contributed by atoms with Gasteiger partial charge in [-0.2, -0.15) is 0 Å². The topological polar surface area (TPSA) is 164 Å². The molecule has 85 heavy (non-hydrogen) atoms. The molecule has 456 valence electrons. The molecule has 13 nitrogen and oxygen atoms in total. The Morgan fingerprint density at radius 2 is 0.953 bits per heavy atom. The summed E-state index contributed by atoms with van der Waals surface area (Å²) >= 11 is 1.76. The lowest BCUT2D eigenvalue weighted by atomic mass is 9.53. The van der Waals surface area contributed by atoms with Crippen LogP contribution in [0.3, 0.4) is 0 Å². The second kappa shape index (κ2) is 23.0. The Labute approximate surface area is 509 Å². The number of nitrogens with zero attached hydrogens (tertiary/aromatic N) is 3. The van der Waals surface area contributed by atoms with Crippen molar-refractivity contribution in [2.24, 2.45) is 81.3 Å². The van der Waals surface area contributed by atoms with Crippen molar-refractivity contribution in [3.8, 4) is 0 Å². The van der Waals surface area contributed by atoms with Gasteiger partial charge in [-0.25, -0.2) is 4.98 Å². The minimum atomic E-state index is -0.210. The number of hydrogen-bond acceptors (Lipinski definition) is 13. The number of oxazole rings is 1. The highest BCUT2D eigenvalue weighted by molar-refractivity contribution is 7.12. The largest absolute Gasteiger partial charge is 0.448 e. The highest BCUT2D eigenvalue weighted by Gasteiger charge is 2.54. The van der Waals surface area contributed by atoms with Crippen molar-refractivity contribution in [3.05, 3.63) is 87.8 Å². The molecule has 2 aromatic heterocycles. The molecular weight excluding hydrogens is 1080 g/mol. The first kappa shape index (κ1) is 56.1. The van der Waals surface area contributed by atoms with Gasteiger partial charge in [0.25, 0.3) is 5.91 Å². The molecule has 17 aliphatic carbocycles. The Hall–Kier alpha value is -4.21. The van der Waals surface area contributed by atoms with Crippen LogP contribution in [-0.4, -0.2) is 82.2 Å². The van der Waals surface area contributed by atoms with Crippen LogP contribution in [0.25, 0.3) is 0 Å². The number of oxime groups is 2. The number of amides is 2. The summed E-state index contributed by atoms with van der Waals surface area (Å²) in [5.41, 5.74) is 6.85. The third-order valence-corrected chi connectivity index (χ3v) is 25.7. The highest BCUT2D eigenvalue weighted by atomic mass is 32.1. The van der Waals surface area contributed by atoms with Gasteiger partial charge in [0.15, 0.2) is 5.89 Å². The molecule has 0 radical (unpaired) electrons. The molecule has 3 aromatic rings. The van der Waals surface area contributed by atoms with E-state index in [1.807, 2.05) is 12.3 Å². The Morgan fingerprint density at radius 1 is 0.518 bits per heavy atom. The van der Waals surface area contributed by atoms with E-state index in [4.69, 9.17) is 14.1 Å². The maximum atomic E-state index is 11.8. The van der Waals surface area contributed by atoms with Crippen molar-refractivity contribution in [3.63, 3.8) is 0 Å². The summed E-state index contributed by atoms with van der Waals surface area (Å²) < 4.78 is 5.61. The van der Waals surface area contributed by atoms with E-state index in [0.29, 0.717) is 35.5 Å². The van der Waals surface area contributed by atoms with Crippen LogP contribution in [0.4, 0.5) is 0 Å². The van der Waals surface area contributed by atoms with E-state index in [9.17, 15) is 9.59 Å². The number of hydrogen-bond donors (Lipinski definition) is 5. The number of nitrogens with one attached hydrogen (secondary N) is 5. The third-order valence-electron chi connectivity index (χ3n) is 24.8. The smallest absolute Gasteiger partial charge is 0.254 e. The first-order valence-electron chi connectivity index (χ1n) is 34.5. The lowest BCUT2D eigenvalue weighted by Crippen LogP contribution is -2.59. The van der Waals surface area contributed by atoms with E-state index >= 15 is 0 Å². The Kier molecular flexibility index (Phi) is 15.2. The average molecular weight is 1170 g/mol. The zero-order chi connectivity index (χ0) is 56.7. The standard InChI is InChI=1S/C20H26N2O.C18H24N2OS.C17H24N2O.C16H22N2O2/c1-2-4-17(5-3-1)19-9-18(23-22-19)13-21-20-10-14-6-15(11-20)8-16(7-14)12-20;1-2-17(22-3-1)16-7-15(21-20-16)11-19-18-8-12-4-13(9-18)6-14(5-12)10-18;1-2-14(1)16-19-15(10-20-16)9-18-17-6-11-3-12(7-17)5-13(4-11)8-17;19-14-2-1-13(15(20)18-14)9-17-16-6-10-3-11(7-16)5-12(4-10)8-16/h1-5,14-16,18,21H,6-13H2;1-3,12-15,19H,4-11H2;10-14,18H,1-9H2;1,10-12,17H,2-9H2,(H,18,19,20). The molecule has 0 saturated heterocycles. The summed E-state index contributed by atoms with van der Waals surface area (Å²) in [6, 6.07) is 14.7. The van der Waals surface area contributed by atoms with Gasteiger partial charge in [0.05, 0.1) is 16.3 Å². The van der Waals surface area contributed by atoms with Crippen LogP contribution in [0.15, 0.2) is 80.5 Å². The van der Waals surface area contributed by atoms with Gasteiger partial charge in [-0.05, 0) is 255 Å². The molecule has 3 aliphatic heterocycles. The number of aromatic nitrogens is 1. The fourth-order valence-corrected chi connectivity index (χ4v) is 23.4. The summed E-state index contributed by atoms with van der Waals surface area (Å²) in [7, 11) is 0. The van der Waals surface area contributed by atoms with Crippen LogP contribution < -0.4 is 26.6 Å². The first-order valence-corrected chi connectivity index (χ1v) is 35.4. The fraction of sp³-hybridized carbons (Fsp3) is 0.732. The minimum absolute atomic E-state index is 0.187. The SMILES string of the molecule is O=C1CC=C(CNC23CC4CC(CC(C4)C2)C3)C(=O)N1.c1ccc(C2=NOC(CNC34CC5CC(CC(C5)C3)C4)C2)cc1.c1csc(C2=NOC(CNC34CC5CC(CC(C5)C3)C4)C2)c1.c1oc(C2CC2)nc1CNC12CC3CC(CC(C3)C1)C2. The molecule has 20 aliphatic rings. The van der Waals surface area contributed by atoms with Crippen molar-refractivity contribution < 1.29 is 23.7 Å². The first-order chi connectivity index (χ1) is 41.5. The maximum Gasteiger partial charge on any atom is 0.254 e. The van der Waals surface area contributed by atoms with Gasteiger partial charge in [0.1, 0.15) is 24.2 Å². The number of rotatable bonds is 15. The Morgan fingerprint density at radius 3 is 1.39 bits per heavy atom. The Bertz CT molecular complexity index is 2860. The van der Waals surface area contributed by atoms with Crippen LogP contribution >= 0.6 is 11.3 Å². The molecule has 16 bridgehead atoms. The number of carbonyl (C=O) groups is 2. The van der Waals surface area contributed by atoms with Crippen LogP contribution in [-0.2, 0) is 25.8 Å². The summed E-state index contributed by atoms with van der Waals surface area (Å²) in [5.74, 6) is 12.9. The summed E-state index contributed by atoms with van der Waals surface area (Å²) in [6.07, 6.45) is 43.2. The van der Waals surface area contributed by atoms with E-state index < -0.39 is 0 Å². The normalized spacial score (nSPS) is 42.0. The van der Waals surface area contributed by atoms with Gasteiger partial charge >= 0.3 is 0 Å². The molecule has 17 saturated carbocycles. The zero-order valence-corrected chi connectivity index (χ0v) is 51.4. The van der Waals surface area contributed by atoms with Gasteiger partial charge < -0.3 is 35.4 Å². The summed E-state index contributed by atoms with van der Waals surface area (Å²) in [4.78, 5) is 40.2. The van der Waals surface area contributed by atoms with E-state index in [1.165, 1.54) is 177 Å². The molecule has 2 unspecified atom stereocenters. The number of thiophene rings is 1. The molecule has 17 fully saturated rings. The quantitative estimate of drug-likeness (QED) is 0.0926. The molecule has 2 amide bonds. The molecule has 2 atom stereocenters. The molecular formula is C71H96N8O5S. The van der Waals surface area contributed by atoms with Crippen molar-refractivity contribution in [2.75, 3.05) is 19.6 Å². The van der Waals surface area contributed by atoms with Crippen molar-refractivity contribution >= 4 is 34.6 Å². The second-order valence-corrected chi connectivity index (χ2v) is 32.8. The monoisotopic (exact) mass is 1170 g/mol. The van der Waals surface area contributed by atoms with Crippen LogP contribution in [0.1, 0.15) is 214 Å². The number of imide groups is 1. The van der Waals surface area contributed by atoms with Crippen LogP contribution in [0.5, 0.6) is 0 Å². The maximum absolute atomic E-state index is 11.8. The lowest BCUT2D eigenvalue weighted by molar-refractivity contribution is -0.128. The summed E-state index contributed by atoms with van der Waals surface area (Å²) in [5, 5.41) is 28.6. The van der Waals surface area contributed by atoms with Crippen LogP contribution in [0, 0.1) is 71.0 Å². The number of benzene rings is 1. The summed E-state index contributed by atoms with van der Waals surface area (Å²) in [6.45, 7) is 3.43. The molecule has 14 heteroatoms. The van der Waals surface area contributed by atoms with Crippen molar-refractivity contribution in [2.45, 2.75) is 233 Å². The van der Waals surface area contributed by atoms with Gasteiger partial charge in [0, 0.05) is 79.1 Å². The van der Waals surface area contributed by atoms with Gasteiger partial charge in [-0.15, -0.1) is 11.3 Å². The van der Waals surface area contributed by atoms with Crippen LogP contribution in [0.2, 0.25) is 0 Å². The third kappa shape index (κ3) is 12.3. The van der Waals surface area contributed by atoms with Gasteiger partial charge in [-0.3, -0.25) is 14.9 Å². The van der Waals surface area contributed by atoms with Gasteiger partial charge in [0.2, 0.25) is 5.91 Å². The van der Waals surface area contributed by atoms with Gasteiger partial charge in [-0.1, -0.05) is 52.8 Å². The van der Waals surface area contributed by atoms with Crippen molar-refractivity contribution in [1.29, 1.82) is 0 Å².